The normalized spacial score (nSPS) is 17.3. The van der Waals surface area contributed by atoms with Crippen LogP contribution in [0.1, 0.15) is 12.0 Å². The SMILES string of the molecule is O=C(Nc1ccc(I)cc1)C1CC(=O)N(Cc2ccccc2)C1. The maximum Gasteiger partial charge on any atom is 0.229 e. The summed E-state index contributed by atoms with van der Waals surface area (Å²) < 4.78 is 1.12. The molecule has 118 valence electrons. The van der Waals surface area contributed by atoms with Crippen LogP contribution in [-0.4, -0.2) is 23.3 Å². The van der Waals surface area contributed by atoms with Gasteiger partial charge in [-0.25, -0.2) is 0 Å². The monoisotopic (exact) mass is 420 g/mol. The lowest BCUT2D eigenvalue weighted by molar-refractivity contribution is -0.128. The highest BCUT2D eigenvalue weighted by atomic mass is 127. The number of rotatable bonds is 4. The maximum atomic E-state index is 12.4. The van der Waals surface area contributed by atoms with Crippen molar-refractivity contribution in [1.29, 1.82) is 0 Å². The Labute approximate surface area is 149 Å². The molecule has 1 aliphatic rings. The molecule has 1 unspecified atom stereocenters. The maximum absolute atomic E-state index is 12.4. The van der Waals surface area contributed by atoms with E-state index in [9.17, 15) is 9.59 Å². The molecule has 2 aromatic rings. The summed E-state index contributed by atoms with van der Waals surface area (Å²) in [5, 5.41) is 2.89. The van der Waals surface area contributed by atoms with Gasteiger partial charge in [0, 0.05) is 28.8 Å². The van der Waals surface area contributed by atoms with Crippen LogP contribution in [0, 0.1) is 9.49 Å². The van der Waals surface area contributed by atoms with Gasteiger partial charge < -0.3 is 10.2 Å². The number of anilines is 1. The minimum absolute atomic E-state index is 0.0385. The minimum Gasteiger partial charge on any atom is -0.338 e. The lowest BCUT2D eigenvalue weighted by Crippen LogP contribution is -2.28. The molecule has 1 heterocycles. The van der Waals surface area contributed by atoms with Crippen molar-refractivity contribution in [2.45, 2.75) is 13.0 Å². The topological polar surface area (TPSA) is 49.4 Å². The van der Waals surface area contributed by atoms with Crippen LogP contribution in [0.25, 0.3) is 0 Å². The Morgan fingerprint density at radius 3 is 2.52 bits per heavy atom. The zero-order valence-corrected chi connectivity index (χ0v) is 14.7. The molecule has 2 aromatic carbocycles. The van der Waals surface area contributed by atoms with Gasteiger partial charge in [0.15, 0.2) is 0 Å². The molecule has 1 N–H and O–H groups in total. The number of hydrogen-bond acceptors (Lipinski definition) is 2. The Balaban J connectivity index is 1.60. The summed E-state index contributed by atoms with van der Waals surface area (Å²) in [6, 6.07) is 17.5. The molecule has 0 spiro atoms. The molecule has 0 radical (unpaired) electrons. The molecule has 4 nitrogen and oxygen atoms in total. The summed E-state index contributed by atoms with van der Waals surface area (Å²) in [7, 11) is 0. The molecule has 5 heteroatoms. The first-order valence-corrected chi connectivity index (χ1v) is 8.58. The van der Waals surface area contributed by atoms with Crippen molar-refractivity contribution >= 4 is 40.1 Å². The zero-order chi connectivity index (χ0) is 16.2. The first-order chi connectivity index (χ1) is 11.1. The number of carbonyl (C=O) groups excluding carboxylic acids is 2. The highest BCUT2D eigenvalue weighted by Gasteiger charge is 2.34. The van der Waals surface area contributed by atoms with Gasteiger partial charge in [0.25, 0.3) is 0 Å². The number of likely N-dealkylation sites (tertiary alicyclic amines) is 1. The summed E-state index contributed by atoms with van der Waals surface area (Å²) in [5.74, 6) is -0.336. The van der Waals surface area contributed by atoms with E-state index in [1.54, 1.807) is 4.90 Å². The number of amides is 2. The van der Waals surface area contributed by atoms with Gasteiger partial charge >= 0.3 is 0 Å². The Bertz CT molecular complexity index is 701. The van der Waals surface area contributed by atoms with Crippen molar-refractivity contribution in [3.05, 3.63) is 63.7 Å². The standard InChI is InChI=1S/C18H17IN2O2/c19-15-6-8-16(9-7-15)20-18(23)14-10-17(22)21(12-14)11-13-4-2-1-3-5-13/h1-9,14H,10-12H2,(H,20,23). The van der Waals surface area contributed by atoms with Gasteiger partial charge in [0.2, 0.25) is 11.8 Å². The first-order valence-electron chi connectivity index (χ1n) is 7.50. The van der Waals surface area contributed by atoms with Crippen LogP contribution < -0.4 is 5.32 Å². The second-order valence-electron chi connectivity index (χ2n) is 5.66. The summed E-state index contributed by atoms with van der Waals surface area (Å²) in [6.45, 7) is 1.04. The van der Waals surface area contributed by atoms with Crippen LogP contribution in [0.4, 0.5) is 5.69 Å². The molecule has 1 atom stereocenters. The zero-order valence-electron chi connectivity index (χ0n) is 12.5. The molecule has 0 aliphatic carbocycles. The van der Waals surface area contributed by atoms with E-state index in [0.717, 1.165) is 14.8 Å². The Hall–Kier alpha value is -1.89. The van der Waals surface area contributed by atoms with E-state index in [4.69, 9.17) is 0 Å². The Morgan fingerprint density at radius 1 is 1.13 bits per heavy atom. The molecule has 23 heavy (non-hydrogen) atoms. The summed E-state index contributed by atoms with van der Waals surface area (Å²) in [5.41, 5.74) is 1.85. The number of carbonyl (C=O) groups is 2. The van der Waals surface area contributed by atoms with Crippen molar-refractivity contribution < 1.29 is 9.59 Å². The van der Waals surface area contributed by atoms with Gasteiger partial charge in [0.1, 0.15) is 0 Å². The van der Waals surface area contributed by atoms with Gasteiger partial charge in [-0.05, 0) is 52.4 Å². The fraction of sp³-hybridized carbons (Fsp3) is 0.222. The number of halogens is 1. The van der Waals surface area contributed by atoms with Crippen molar-refractivity contribution in [2.75, 3.05) is 11.9 Å². The van der Waals surface area contributed by atoms with Gasteiger partial charge in [-0.1, -0.05) is 30.3 Å². The fourth-order valence-corrected chi connectivity index (χ4v) is 3.04. The van der Waals surface area contributed by atoms with E-state index in [1.807, 2.05) is 54.6 Å². The molecule has 3 rings (SSSR count). The highest BCUT2D eigenvalue weighted by Crippen LogP contribution is 2.22. The van der Waals surface area contributed by atoms with E-state index >= 15 is 0 Å². The third-order valence-electron chi connectivity index (χ3n) is 3.91. The van der Waals surface area contributed by atoms with Crippen LogP contribution in [0.3, 0.4) is 0 Å². The van der Waals surface area contributed by atoms with Crippen LogP contribution in [-0.2, 0) is 16.1 Å². The summed E-state index contributed by atoms with van der Waals surface area (Å²) >= 11 is 2.22. The third-order valence-corrected chi connectivity index (χ3v) is 4.63. The molecule has 1 fully saturated rings. The predicted octanol–water partition coefficient (Wildman–Crippen LogP) is 3.28. The van der Waals surface area contributed by atoms with E-state index in [2.05, 4.69) is 27.9 Å². The molecular formula is C18H17IN2O2. The lowest BCUT2D eigenvalue weighted by atomic mass is 10.1. The number of nitrogens with one attached hydrogen (secondary N) is 1. The Kier molecular flexibility index (Phi) is 4.95. The molecule has 2 amide bonds. The second-order valence-corrected chi connectivity index (χ2v) is 6.90. The predicted molar refractivity (Wildman–Crippen MR) is 97.8 cm³/mol. The molecule has 1 saturated heterocycles. The van der Waals surface area contributed by atoms with Gasteiger partial charge in [-0.15, -0.1) is 0 Å². The van der Waals surface area contributed by atoms with E-state index in [-0.39, 0.29) is 24.2 Å². The van der Waals surface area contributed by atoms with Crippen LogP contribution in [0.15, 0.2) is 54.6 Å². The Morgan fingerprint density at radius 2 is 1.83 bits per heavy atom. The number of hydrogen-bond donors (Lipinski definition) is 1. The van der Waals surface area contributed by atoms with Crippen LogP contribution >= 0.6 is 22.6 Å². The van der Waals surface area contributed by atoms with Crippen LogP contribution in [0.5, 0.6) is 0 Å². The van der Waals surface area contributed by atoms with E-state index in [1.165, 1.54) is 0 Å². The fourth-order valence-electron chi connectivity index (χ4n) is 2.68. The number of benzene rings is 2. The van der Waals surface area contributed by atoms with Crippen molar-refractivity contribution in [3.63, 3.8) is 0 Å². The van der Waals surface area contributed by atoms with E-state index in [0.29, 0.717) is 13.1 Å². The average molecular weight is 420 g/mol. The molecule has 0 aromatic heterocycles. The average Bonchev–Trinajstić information content (AvgIpc) is 2.92. The van der Waals surface area contributed by atoms with Crippen molar-refractivity contribution in [3.8, 4) is 0 Å². The minimum atomic E-state index is -0.287. The second kappa shape index (κ2) is 7.12. The summed E-state index contributed by atoms with van der Waals surface area (Å²) in [6.07, 6.45) is 0.281. The number of nitrogens with zero attached hydrogens (tertiary/aromatic N) is 1. The van der Waals surface area contributed by atoms with Gasteiger partial charge in [0.05, 0.1) is 5.92 Å². The molecule has 0 saturated carbocycles. The van der Waals surface area contributed by atoms with E-state index < -0.39 is 0 Å². The quantitative estimate of drug-likeness (QED) is 0.773. The third kappa shape index (κ3) is 4.10. The van der Waals surface area contributed by atoms with Gasteiger partial charge in [-0.2, -0.15) is 0 Å². The smallest absolute Gasteiger partial charge is 0.229 e. The largest absolute Gasteiger partial charge is 0.338 e. The highest BCUT2D eigenvalue weighted by molar-refractivity contribution is 14.1. The van der Waals surface area contributed by atoms with Crippen LogP contribution in [0.2, 0.25) is 0 Å². The lowest BCUT2D eigenvalue weighted by Gasteiger charge is -2.16. The first kappa shape index (κ1) is 16.0. The van der Waals surface area contributed by atoms with Crippen molar-refractivity contribution in [1.82, 2.24) is 4.90 Å². The molecule has 1 aliphatic heterocycles. The molecular weight excluding hydrogens is 403 g/mol. The molecule has 0 bridgehead atoms. The van der Waals surface area contributed by atoms with Gasteiger partial charge in [-0.3, -0.25) is 9.59 Å². The van der Waals surface area contributed by atoms with Crippen molar-refractivity contribution in [2.24, 2.45) is 5.92 Å². The summed E-state index contributed by atoms with van der Waals surface area (Å²) in [4.78, 5) is 26.2.